The zero-order valence-corrected chi connectivity index (χ0v) is 11.3. The smallest absolute Gasteiger partial charge is 0.240 e. The molecule has 1 aromatic rings. The van der Waals surface area contributed by atoms with E-state index >= 15 is 0 Å². The fourth-order valence-corrected chi connectivity index (χ4v) is 2.43. The molecule has 7 heteroatoms. The van der Waals surface area contributed by atoms with Crippen LogP contribution in [-0.2, 0) is 16.4 Å². The lowest BCUT2D eigenvalue weighted by Crippen LogP contribution is -2.43. The van der Waals surface area contributed by atoms with Crippen molar-refractivity contribution < 1.29 is 18.6 Å². The second kappa shape index (κ2) is 6.12. The summed E-state index contributed by atoms with van der Waals surface area (Å²) in [5.41, 5.74) is -0.780. The molecule has 0 bridgehead atoms. The first-order valence-electron chi connectivity index (χ1n) is 5.59. The van der Waals surface area contributed by atoms with E-state index in [9.17, 15) is 13.5 Å². The van der Waals surface area contributed by atoms with Crippen LogP contribution in [0.25, 0.3) is 0 Å². The molecule has 6 nitrogen and oxygen atoms in total. The van der Waals surface area contributed by atoms with Gasteiger partial charge in [0.2, 0.25) is 10.0 Å². The number of aliphatic hydroxyl groups excluding tert-OH is 1. The number of nitrogens with zero attached hydrogens (tertiary/aromatic N) is 1. The van der Waals surface area contributed by atoms with Crippen molar-refractivity contribution >= 4 is 10.0 Å². The summed E-state index contributed by atoms with van der Waals surface area (Å²) in [6.07, 6.45) is 0.215. The zero-order chi connectivity index (χ0) is 14.5. The maximum absolute atomic E-state index is 11.9. The van der Waals surface area contributed by atoms with Crippen molar-refractivity contribution in [3.63, 3.8) is 0 Å². The molecule has 3 N–H and O–H groups in total. The van der Waals surface area contributed by atoms with E-state index < -0.39 is 22.2 Å². The Morgan fingerprint density at radius 1 is 1.37 bits per heavy atom. The number of benzene rings is 1. The summed E-state index contributed by atoms with van der Waals surface area (Å²) >= 11 is 0. The Morgan fingerprint density at radius 3 is 2.42 bits per heavy atom. The van der Waals surface area contributed by atoms with E-state index in [1.165, 1.54) is 19.1 Å². The van der Waals surface area contributed by atoms with Crippen molar-refractivity contribution in [2.24, 2.45) is 0 Å². The number of nitriles is 1. The van der Waals surface area contributed by atoms with Crippen molar-refractivity contribution in [3.05, 3.63) is 29.8 Å². The predicted molar refractivity (Wildman–Crippen MR) is 68.7 cm³/mol. The average molecular weight is 284 g/mol. The molecular weight excluding hydrogens is 268 g/mol. The molecule has 0 aliphatic carbocycles. The summed E-state index contributed by atoms with van der Waals surface area (Å²) in [7, 11) is -3.74. The largest absolute Gasteiger partial charge is 0.393 e. The summed E-state index contributed by atoms with van der Waals surface area (Å²) in [6.45, 7) is 0.494. The van der Waals surface area contributed by atoms with Crippen molar-refractivity contribution in [2.45, 2.75) is 23.8 Å². The van der Waals surface area contributed by atoms with Crippen molar-refractivity contribution in [1.29, 1.82) is 5.26 Å². The van der Waals surface area contributed by atoms with Crippen LogP contribution in [-0.4, -0.2) is 37.4 Å². The van der Waals surface area contributed by atoms with Gasteiger partial charge in [0.25, 0.3) is 0 Å². The van der Waals surface area contributed by atoms with E-state index in [4.69, 9.17) is 10.4 Å². The highest BCUT2D eigenvalue weighted by Gasteiger charge is 2.23. The molecule has 0 heterocycles. The van der Waals surface area contributed by atoms with Crippen molar-refractivity contribution in [1.82, 2.24) is 4.72 Å². The molecule has 1 atom stereocenters. The summed E-state index contributed by atoms with van der Waals surface area (Å²) < 4.78 is 26.0. The third-order valence-electron chi connectivity index (χ3n) is 2.50. The molecule has 0 aromatic heterocycles. The first-order chi connectivity index (χ1) is 8.80. The van der Waals surface area contributed by atoms with Crippen LogP contribution < -0.4 is 4.72 Å². The second-order valence-corrected chi connectivity index (χ2v) is 6.23. The quantitative estimate of drug-likeness (QED) is 0.668. The van der Waals surface area contributed by atoms with Crippen LogP contribution in [0.15, 0.2) is 29.2 Å². The monoisotopic (exact) mass is 284 g/mol. The van der Waals surface area contributed by atoms with E-state index in [0.717, 1.165) is 5.56 Å². The van der Waals surface area contributed by atoms with Crippen molar-refractivity contribution in [3.8, 4) is 6.07 Å². The van der Waals surface area contributed by atoms with Crippen molar-refractivity contribution in [2.75, 3.05) is 13.2 Å². The third kappa shape index (κ3) is 4.61. The standard InChI is InChI=1S/C12H16N2O4S/c1-12(16,9-15)8-14-19(17,18)11-4-2-10(3-5-11)6-7-13/h2-5,14-16H,6,8-9H2,1H3. The SMILES string of the molecule is CC(O)(CO)CNS(=O)(=O)c1ccc(CC#N)cc1. The molecule has 0 radical (unpaired) electrons. The van der Waals surface area contributed by atoms with Gasteiger partial charge < -0.3 is 10.2 Å². The van der Waals surface area contributed by atoms with E-state index in [-0.39, 0.29) is 17.9 Å². The molecule has 0 fully saturated rings. The van der Waals surface area contributed by atoms with Gasteiger partial charge in [0.1, 0.15) is 0 Å². The molecule has 1 unspecified atom stereocenters. The Labute approximate surface area is 112 Å². The Morgan fingerprint density at radius 2 is 1.95 bits per heavy atom. The maximum Gasteiger partial charge on any atom is 0.240 e. The molecule has 0 spiro atoms. The first kappa shape index (κ1) is 15.6. The van der Waals surface area contributed by atoms with Crippen LogP contribution in [0.2, 0.25) is 0 Å². The molecule has 1 rings (SSSR count). The van der Waals surface area contributed by atoms with E-state index in [0.29, 0.717) is 0 Å². The van der Waals surface area contributed by atoms with Gasteiger partial charge in [-0.15, -0.1) is 0 Å². The Hall–Kier alpha value is -1.46. The minimum atomic E-state index is -3.74. The minimum absolute atomic E-state index is 0.0444. The number of hydrogen-bond donors (Lipinski definition) is 3. The second-order valence-electron chi connectivity index (χ2n) is 4.46. The molecule has 0 saturated heterocycles. The fourth-order valence-electron chi connectivity index (χ4n) is 1.27. The van der Waals surface area contributed by atoms with Crippen LogP contribution >= 0.6 is 0 Å². The number of nitrogens with one attached hydrogen (secondary N) is 1. The van der Waals surface area contributed by atoms with Gasteiger partial charge in [0.15, 0.2) is 0 Å². The van der Waals surface area contributed by atoms with Crippen LogP contribution in [0, 0.1) is 11.3 Å². The van der Waals surface area contributed by atoms with Gasteiger partial charge >= 0.3 is 0 Å². The maximum atomic E-state index is 11.9. The van der Waals surface area contributed by atoms with Gasteiger partial charge in [0, 0.05) is 6.54 Å². The van der Waals surface area contributed by atoms with Crippen LogP contribution in [0.1, 0.15) is 12.5 Å². The van der Waals surface area contributed by atoms with Gasteiger partial charge in [-0.1, -0.05) is 12.1 Å². The van der Waals surface area contributed by atoms with E-state index in [2.05, 4.69) is 4.72 Å². The highest BCUT2D eigenvalue weighted by molar-refractivity contribution is 7.89. The molecule has 0 saturated carbocycles. The van der Waals surface area contributed by atoms with E-state index in [1.807, 2.05) is 6.07 Å². The average Bonchev–Trinajstić information content (AvgIpc) is 2.38. The summed E-state index contributed by atoms with van der Waals surface area (Å²) in [5, 5.41) is 26.9. The summed E-state index contributed by atoms with van der Waals surface area (Å²) in [4.78, 5) is 0.0444. The lowest BCUT2D eigenvalue weighted by Gasteiger charge is -2.20. The topological polar surface area (TPSA) is 110 Å². The minimum Gasteiger partial charge on any atom is -0.393 e. The lowest BCUT2D eigenvalue weighted by molar-refractivity contribution is 0.00681. The molecule has 0 aliphatic rings. The Bertz CT molecular complexity index is 558. The molecule has 0 amide bonds. The molecule has 1 aromatic carbocycles. The Kier molecular flexibility index (Phi) is 5.03. The predicted octanol–water partition coefficient (Wildman–Crippen LogP) is -0.226. The van der Waals surface area contributed by atoms with Gasteiger partial charge in [0.05, 0.1) is 29.6 Å². The lowest BCUT2D eigenvalue weighted by atomic mass is 10.1. The molecule has 19 heavy (non-hydrogen) atoms. The fraction of sp³-hybridized carbons (Fsp3) is 0.417. The number of sulfonamides is 1. The highest BCUT2D eigenvalue weighted by Crippen LogP contribution is 2.11. The van der Waals surface area contributed by atoms with Gasteiger partial charge in [-0.05, 0) is 24.6 Å². The van der Waals surface area contributed by atoms with Gasteiger partial charge in [-0.2, -0.15) is 5.26 Å². The van der Waals surface area contributed by atoms with Crippen LogP contribution in [0.3, 0.4) is 0 Å². The van der Waals surface area contributed by atoms with E-state index in [1.54, 1.807) is 12.1 Å². The summed E-state index contributed by atoms with van der Waals surface area (Å²) in [6, 6.07) is 7.87. The molecular formula is C12H16N2O4S. The van der Waals surface area contributed by atoms with Crippen LogP contribution in [0.4, 0.5) is 0 Å². The van der Waals surface area contributed by atoms with Gasteiger partial charge in [-0.3, -0.25) is 0 Å². The molecule has 0 aliphatic heterocycles. The number of aliphatic hydroxyl groups is 2. The van der Waals surface area contributed by atoms with Crippen LogP contribution in [0.5, 0.6) is 0 Å². The third-order valence-corrected chi connectivity index (χ3v) is 3.92. The Balaban J connectivity index is 2.81. The highest BCUT2D eigenvalue weighted by atomic mass is 32.2. The number of hydrogen-bond acceptors (Lipinski definition) is 5. The zero-order valence-electron chi connectivity index (χ0n) is 10.5. The van der Waals surface area contributed by atoms with Gasteiger partial charge in [-0.25, -0.2) is 13.1 Å². The first-order valence-corrected chi connectivity index (χ1v) is 7.08. The molecule has 104 valence electrons. The number of rotatable bonds is 6. The normalized spacial score (nSPS) is 14.6. The summed E-state index contributed by atoms with van der Waals surface area (Å²) in [5.74, 6) is 0.